The van der Waals surface area contributed by atoms with Crippen LogP contribution < -0.4 is 0 Å². The monoisotopic (exact) mass is 1540 g/mol. The summed E-state index contributed by atoms with van der Waals surface area (Å²) in [7, 11) is -9.92. The smallest absolute Gasteiger partial charge is 0.462 e. The Hall–Kier alpha value is -1.94. The highest BCUT2D eigenvalue weighted by atomic mass is 31.2. The molecule has 0 fully saturated rings. The van der Waals surface area contributed by atoms with Gasteiger partial charge in [0.25, 0.3) is 0 Å². The molecule has 6 atom stereocenters. The Bertz CT molecular complexity index is 2000. The lowest BCUT2D eigenvalue weighted by Crippen LogP contribution is -2.30. The van der Waals surface area contributed by atoms with E-state index in [4.69, 9.17) is 37.0 Å². The lowest BCUT2D eigenvalue weighted by atomic mass is 9.99. The SMILES string of the molecule is CCCCCCCCCCCCCCCCCCCC(=O)OC[C@H](COP(=O)(O)OC[C@@H](O)COP(=O)(O)OC[C@@H](COC(=O)CCCCCCCCCCCC)OC(=O)CCCCCCCCCCCCCCCCCC)OC(=O)CCCCCCCCCCCCCCCCCCCCC(C)CC. The zero-order chi connectivity index (χ0) is 76.9. The van der Waals surface area contributed by atoms with Crippen LogP contribution in [-0.2, 0) is 65.4 Å². The van der Waals surface area contributed by atoms with Crippen molar-refractivity contribution in [2.24, 2.45) is 5.92 Å². The van der Waals surface area contributed by atoms with Crippen LogP contribution in [0.1, 0.15) is 465 Å². The highest BCUT2D eigenvalue weighted by molar-refractivity contribution is 7.47. The van der Waals surface area contributed by atoms with Crippen molar-refractivity contribution >= 4 is 39.5 Å². The maximum absolute atomic E-state index is 13.1. The Balaban J connectivity index is 5.22. The van der Waals surface area contributed by atoms with Gasteiger partial charge in [-0.15, -0.1) is 0 Å². The van der Waals surface area contributed by atoms with Crippen molar-refractivity contribution in [2.45, 2.75) is 483 Å². The van der Waals surface area contributed by atoms with Crippen molar-refractivity contribution in [3.05, 3.63) is 0 Å². The van der Waals surface area contributed by atoms with Crippen molar-refractivity contribution in [2.75, 3.05) is 39.6 Å². The van der Waals surface area contributed by atoms with E-state index in [0.29, 0.717) is 25.7 Å². The number of phosphoric acid groups is 2. The van der Waals surface area contributed by atoms with Gasteiger partial charge in [0.1, 0.15) is 19.3 Å². The van der Waals surface area contributed by atoms with E-state index in [0.717, 1.165) is 95.8 Å². The van der Waals surface area contributed by atoms with E-state index < -0.39 is 97.5 Å². The lowest BCUT2D eigenvalue weighted by Gasteiger charge is -2.21. The third-order valence-corrected chi connectivity index (χ3v) is 22.5. The molecule has 624 valence electrons. The van der Waals surface area contributed by atoms with Crippen molar-refractivity contribution in [1.29, 1.82) is 0 Å². The molecular weight excluding hydrogens is 1370 g/mol. The Kier molecular flexibility index (Phi) is 77.3. The molecule has 0 aromatic carbocycles. The quantitative estimate of drug-likeness (QED) is 0.0222. The van der Waals surface area contributed by atoms with E-state index in [1.54, 1.807) is 0 Å². The fourth-order valence-electron chi connectivity index (χ4n) is 13.4. The summed E-state index contributed by atoms with van der Waals surface area (Å²) in [6.45, 7) is 7.43. The molecule has 0 aromatic heterocycles. The second-order valence-corrected chi connectivity index (χ2v) is 34.1. The largest absolute Gasteiger partial charge is 0.472 e. The van der Waals surface area contributed by atoms with Crippen molar-refractivity contribution in [3.8, 4) is 0 Å². The second-order valence-electron chi connectivity index (χ2n) is 31.2. The predicted molar refractivity (Wildman–Crippen MR) is 432 cm³/mol. The number of aliphatic hydroxyl groups is 1. The van der Waals surface area contributed by atoms with Crippen LogP contribution in [0.15, 0.2) is 0 Å². The Labute approximate surface area is 645 Å². The zero-order valence-corrected chi connectivity index (χ0v) is 70.7. The number of aliphatic hydroxyl groups excluding tert-OH is 1. The van der Waals surface area contributed by atoms with E-state index in [-0.39, 0.29) is 25.7 Å². The molecule has 17 nitrogen and oxygen atoms in total. The minimum absolute atomic E-state index is 0.109. The normalized spacial score (nSPS) is 14.0. The topological polar surface area (TPSA) is 237 Å². The van der Waals surface area contributed by atoms with Gasteiger partial charge in [-0.1, -0.05) is 413 Å². The molecule has 3 N–H and O–H groups in total. The van der Waals surface area contributed by atoms with Crippen LogP contribution in [0, 0.1) is 5.92 Å². The number of esters is 4. The number of carbonyl (C=O) groups is 4. The molecule has 0 saturated heterocycles. The molecular formula is C86H168O17P2. The highest BCUT2D eigenvalue weighted by Crippen LogP contribution is 2.45. The average molecular weight is 1540 g/mol. The first-order valence-corrected chi connectivity index (χ1v) is 47.7. The van der Waals surface area contributed by atoms with Gasteiger partial charge < -0.3 is 33.8 Å². The predicted octanol–water partition coefficient (Wildman–Crippen LogP) is 26.4. The lowest BCUT2D eigenvalue weighted by molar-refractivity contribution is -0.161. The van der Waals surface area contributed by atoms with Crippen molar-refractivity contribution in [1.82, 2.24) is 0 Å². The van der Waals surface area contributed by atoms with Gasteiger partial charge in [0, 0.05) is 25.7 Å². The highest BCUT2D eigenvalue weighted by Gasteiger charge is 2.30. The summed E-state index contributed by atoms with van der Waals surface area (Å²) in [5.74, 6) is -1.23. The van der Waals surface area contributed by atoms with Crippen LogP contribution in [0.5, 0.6) is 0 Å². The van der Waals surface area contributed by atoms with Crippen LogP contribution in [0.25, 0.3) is 0 Å². The maximum atomic E-state index is 13.1. The first kappa shape index (κ1) is 103. The molecule has 0 bridgehead atoms. The molecule has 0 radical (unpaired) electrons. The van der Waals surface area contributed by atoms with Crippen LogP contribution >= 0.6 is 15.6 Å². The van der Waals surface area contributed by atoms with Gasteiger partial charge in [0.15, 0.2) is 12.2 Å². The van der Waals surface area contributed by atoms with Gasteiger partial charge in [-0.2, -0.15) is 0 Å². The third kappa shape index (κ3) is 78.5. The fraction of sp³-hybridized carbons (Fsp3) is 0.953. The summed E-state index contributed by atoms with van der Waals surface area (Å²) in [6, 6.07) is 0. The molecule has 0 aliphatic rings. The minimum atomic E-state index is -4.96. The summed E-state index contributed by atoms with van der Waals surface area (Å²) in [5.41, 5.74) is 0. The van der Waals surface area contributed by atoms with E-state index in [1.165, 1.54) is 289 Å². The van der Waals surface area contributed by atoms with Crippen LogP contribution in [-0.4, -0.2) is 96.7 Å². The number of hydrogen-bond acceptors (Lipinski definition) is 15. The first-order chi connectivity index (χ1) is 51.1. The summed E-state index contributed by atoms with van der Waals surface area (Å²) >= 11 is 0. The molecule has 0 aliphatic carbocycles. The molecule has 0 rings (SSSR count). The minimum Gasteiger partial charge on any atom is -0.462 e. The standard InChI is InChI=1S/C86H168O17P2/c1-6-10-13-16-19-22-25-27-29-33-38-41-45-50-55-60-65-70-84(89)97-76-82(103-86(91)72-67-62-57-52-47-43-39-35-32-31-34-36-40-44-48-53-58-63-68-79(5)9-4)78-101-105(94,95)99-74-80(87)73-98-104(92,93)100-77-81(75-96-83(88)69-64-59-54-49-24-21-18-15-12-8-3)102-85(90)71-66-61-56-51-46-42-37-30-28-26-23-20-17-14-11-7-2/h79-82,87H,6-78H2,1-5H3,(H,92,93)(H,94,95)/t79?,80-,81+,82+/m0/s1. The molecule has 3 unspecified atom stereocenters. The van der Waals surface area contributed by atoms with Crippen molar-refractivity contribution in [3.63, 3.8) is 0 Å². The van der Waals surface area contributed by atoms with E-state index in [1.807, 2.05) is 0 Å². The van der Waals surface area contributed by atoms with E-state index in [2.05, 4.69) is 34.6 Å². The Morgan fingerprint density at radius 2 is 0.457 bits per heavy atom. The molecule has 19 heteroatoms. The van der Waals surface area contributed by atoms with E-state index in [9.17, 15) is 43.2 Å². The molecule has 0 spiro atoms. The average Bonchev–Trinajstić information content (AvgIpc) is 0.987. The molecule has 0 amide bonds. The van der Waals surface area contributed by atoms with Crippen LogP contribution in [0.2, 0.25) is 0 Å². The first-order valence-electron chi connectivity index (χ1n) is 44.7. The van der Waals surface area contributed by atoms with Gasteiger partial charge in [-0.25, -0.2) is 9.13 Å². The zero-order valence-electron chi connectivity index (χ0n) is 68.9. The third-order valence-electron chi connectivity index (χ3n) is 20.6. The molecule has 105 heavy (non-hydrogen) atoms. The number of hydrogen-bond donors (Lipinski definition) is 3. The van der Waals surface area contributed by atoms with Gasteiger partial charge >= 0.3 is 39.5 Å². The molecule has 0 heterocycles. The Morgan fingerprint density at radius 1 is 0.267 bits per heavy atom. The number of phosphoric ester groups is 2. The number of carbonyl (C=O) groups excluding carboxylic acids is 4. The summed E-state index contributed by atoms with van der Waals surface area (Å²) in [5, 5.41) is 10.7. The molecule has 0 saturated carbocycles. The number of unbranched alkanes of at least 4 members (excludes halogenated alkanes) is 57. The summed E-state index contributed by atoms with van der Waals surface area (Å²) < 4.78 is 68.9. The van der Waals surface area contributed by atoms with Crippen LogP contribution in [0.4, 0.5) is 0 Å². The summed E-state index contributed by atoms with van der Waals surface area (Å²) in [4.78, 5) is 73.2. The van der Waals surface area contributed by atoms with Gasteiger partial charge in [0.05, 0.1) is 26.4 Å². The number of rotatable bonds is 86. The van der Waals surface area contributed by atoms with Gasteiger partial charge in [0.2, 0.25) is 0 Å². The number of ether oxygens (including phenoxy) is 4. The van der Waals surface area contributed by atoms with E-state index >= 15 is 0 Å². The fourth-order valence-corrected chi connectivity index (χ4v) is 15.0. The van der Waals surface area contributed by atoms with Gasteiger partial charge in [-0.05, 0) is 31.6 Å². The second kappa shape index (κ2) is 78.7. The van der Waals surface area contributed by atoms with Crippen LogP contribution in [0.3, 0.4) is 0 Å². The Morgan fingerprint density at radius 3 is 0.676 bits per heavy atom. The molecule has 0 aromatic rings. The summed E-state index contributed by atoms with van der Waals surface area (Å²) in [6.07, 6.45) is 72.1. The maximum Gasteiger partial charge on any atom is 0.472 e. The molecule has 0 aliphatic heterocycles. The van der Waals surface area contributed by atoms with Crippen molar-refractivity contribution < 1.29 is 80.2 Å². The van der Waals surface area contributed by atoms with Gasteiger partial charge in [-0.3, -0.25) is 37.3 Å².